The van der Waals surface area contributed by atoms with Crippen molar-refractivity contribution in [2.24, 2.45) is 0 Å². The van der Waals surface area contributed by atoms with Crippen molar-refractivity contribution in [2.45, 2.75) is 19.8 Å². The van der Waals surface area contributed by atoms with Crippen LogP contribution in [0.3, 0.4) is 0 Å². The molecule has 0 saturated heterocycles. The molecule has 2 amide bonds. The van der Waals surface area contributed by atoms with Gasteiger partial charge in [0, 0.05) is 32.0 Å². The number of carbonyl (C=O) groups is 2. The summed E-state index contributed by atoms with van der Waals surface area (Å²) < 4.78 is 0. The van der Waals surface area contributed by atoms with Crippen LogP contribution in [0, 0.1) is 0 Å². The minimum atomic E-state index is -0.631. The van der Waals surface area contributed by atoms with Crippen LogP contribution in [0.5, 0.6) is 0 Å². The normalized spacial score (nSPS) is 9.84. The van der Waals surface area contributed by atoms with Gasteiger partial charge in [0.1, 0.15) is 0 Å². The van der Waals surface area contributed by atoms with Crippen molar-refractivity contribution in [3.8, 4) is 0 Å². The SMILES string of the molecule is CCCCNC(=O)C(=O)Nc1ccc(N(C)C)cc1. The van der Waals surface area contributed by atoms with E-state index in [-0.39, 0.29) is 0 Å². The third kappa shape index (κ3) is 4.99. The van der Waals surface area contributed by atoms with Gasteiger partial charge >= 0.3 is 11.8 Å². The highest BCUT2D eigenvalue weighted by molar-refractivity contribution is 6.39. The number of rotatable bonds is 5. The number of amides is 2. The van der Waals surface area contributed by atoms with Gasteiger partial charge in [0.2, 0.25) is 0 Å². The van der Waals surface area contributed by atoms with Crippen LogP contribution in [0.15, 0.2) is 24.3 Å². The summed E-state index contributed by atoms with van der Waals surface area (Å²) in [4.78, 5) is 25.0. The molecule has 0 aliphatic heterocycles. The Hall–Kier alpha value is -2.04. The smallest absolute Gasteiger partial charge is 0.313 e. The van der Waals surface area contributed by atoms with E-state index in [9.17, 15) is 9.59 Å². The zero-order chi connectivity index (χ0) is 14.3. The molecule has 0 atom stereocenters. The Kier molecular flexibility index (Phi) is 5.85. The van der Waals surface area contributed by atoms with E-state index in [4.69, 9.17) is 0 Å². The third-order valence-corrected chi connectivity index (χ3v) is 2.66. The quantitative estimate of drug-likeness (QED) is 0.626. The van der Waals surface area contributed by atoms with E-state index >= 15 is 0 Å². The Morgan fingerprint density at radius 1 is 1.11 bits per heavy atom. The monoisotopic (exact) mass is 263 g/mol. The summed E-state index contributed by atoms with van der Waals surface area (Å²) in [7, 11) is 3.88. The predicted octanol–water partition coefficient (Wildman–Crippen LogP) is 1.61. The molecule has 0 heterocycles. The first-order valence-corrected chi connectivity index (χ1v) is 6.41. The number of hydrogen-bond donors (Lipinski definition) is 2. The number of unbranched alkanes of at least 4 members (excludes halogenated alkanes) is 1. The maximum atomic E-state index is 11.6. The van der Waals surface area contributed by atoms with Crippen molar-refractivity contribution < 1.29 is 9.59 Å². The van der Waals surface area contributed by atoms with E-state index in [1.165, 1.54) is 0 Å². The summed E-state index contributed by atoms with van der Waals surface area (Å²) >= 11 is 0. The second-order valence-corrected chi connectivity index (χ2v) is 4.50. The van der Waals surface area contributed by atoms with Crippen LogP contribution in [-0.2, 0) is 9.59 Å². The van der Waals surface area contributed by atoms with Crippen LogP contribution in [-0.4, -0.2) is 32.5 Å². The summed E-state index contributed by atoms with van der Waals surface area (Å²) in [6.45, 7) is 2.56. The van der Waals surface area contributed by atoms with Crippen LogP contribution >= 0.6 is 0 Å². The lowest BCUT2D eigenvalue weighted by Crippen LogP contribution is -2.35. The fourth-order valence-corrected chi connectivity index (χ4v) is 1.49. The number of benzene rings is 1. The Labute approximate surface area is 114 Å². The van der Waals surface area contributed by atoms with Gasteiger partial charge in [-0.3, -0.25) is 9.59 Å². The summed E-state index contributed by atoms with van der Waals surface area (Å²) in [6.07, 6.45) is 1.85. The van der Waals surface area contributed by atoms with Crippen LogP contribution in [0.4, 0.5) is 11.4 Å². The first-order chi connectivity index (χ1) is 9.04. The molecule has 5 heteroatoms. The number of anilines is 2. The highest BCUT2D eigenvalue weighted by atomic mass is 16.2. The van der Waals surface area contributed by atoms with Crippen molar-refractivity contribution in [1.82, 2.24) is 5.32 Å². The van der Waals surface area contributed by atoms with Gasteiger partial charge in [-0.15, -0.1) is 0 Å². The lowest BCUT2D eigenvalue weighted by molar-refractivity contribution is -0.136. The molecule has 1 aromatic rings. The largest absolute Gasteiger partial charge is 0.378 e. The van der Waals surface area contributed by atoms with Crippen molar-refractivity contribution in [3.05, 3.63) is 24.3 Å². The number of hydrogen-bond acceptors (Lipinski definition) is 3. The molecule has 0 bridgehead atoms. The first kappa shape index (κ1) is 15.0. The molecule has 0 saturated carbocycles. The molecular weight excluding hydrogens is 242 g/mol. The van der Waals surface area contributed by atoms with E-state index in [1.54, 1.807) is 12.1 Å². The van der Waals surface area contributed by atoms with Gasteiger partial charge in [-0.1, -0.05) is 13.3 Å². The van der Waals surface area contributed by atoms with E-state index in [1.807, 2.05) is 38.1 Å². The van der Waals surface area contributed by atoms with Crippen molar-refractivity contribution in [3.63, 3.8) is 0 Å². The average molecular weight is 263 g/mol. The summed E-state index contributed by atoms with van der Waals surface area (Å²) in [5.41, 5.74) is 1.65. The predicted molar refractivity (Wildman–Crippen MR) is 77.3 cm³/mol. The molecule has 0 aliphatic carbocycles. The Morgan fingerprint density at radius 3 is 2.26 bits per heavy atom. The summed E-state index contributed by atoms with van der Waals surface area (Å²) in [6, 6.07) is 7.30. The Balaban J connectivity index is 2.49. The summed E-state index contributed by atoms with van der Waals surface area (Å²) in [5.74, 6) is -1.22. The average Bonchev–Trinajstić information content (AvgIpc) is 2.39. The van der Waals surface area contributed by atoms with Crippen LogP contribution < -0.4 is 15.5 Å². The minimum Gasteiger partial charge on any atom is -0.378 e. The molecular formula is C14H21N3O2. The molecule has 0 radical (unpaired) electrons. The highest BCUT2D eigenvalue weighted by Crippen LogP contribution is 2.15. The molecule has 0 fully saturated rings. The van der Waals surface area contributed by atoms with Gasteiger partial charge in [0.15, 0.2) is 0 Å². The maximum absolute atomic E-state index is 11.6. The van der Waals surface area contributed by atoms with Crippen LogP contribution in [0.1, 0.15) is 19.8 Å². The molecule has 5 nitrogen and oxygen atoms in total. The third-order valence-electron chi connectivity index (χ3n) is 2.66. The van der Waals surface area contributed by atoms with Crippen molar-refractivity contribution >= 4 is 23.2 Å². The van der Waals surface area contributed by atoms with Gasteiger partial charge in [-0.05, 0) is 30.7 Å². The van der Waals surface area contributed by atoms with Gasteiger partial charge in [0.25, 0.3) is 0 Å². The zero-order valence-electron chi connectivity index (χ0n) is 11.7. The first-order valence-electron chi connectivity index (χ1n) is 6.41. The van der Waals surface area contributed by atoms with Crippen LogP contribution in [0.25, 0.3) is 0 Å². The number of carbonyl (C=O) groups excluding carboxylic acids is 2. The fourth-order valence-electron chi connectivity index (χ4n) is 1.49. The fraction of sp³-hybridized carbons (Fsp3) is 0.429. The standard InChI is InChI=1S/C14H21N3O2/c1-4-5-10-15-13(18)14(19)16-11-6-8-12(9-7-11)17(2)3/h6-9H,4-5,10H2,1-3H3,(H,15,18)(H,16,19). The minimum absolute atomic E-state index is 0.530. The molecule has 0 unspecified atom stereocenters. The Bertz CT molecular complexity index is 427. The van der Waals surface area contributed by atoms with E-state index < -0.39 is 11.8 Å². The lowest BCUT2D eigenvalue weighted by atomic mass is 10.2. The van der Waals surface area contributed by atoms with E-state index in [0.717, 1.165) is 18.5 Å². The zero-order valence-corrected chi connectivity index (χ0v) is 11.7. The maximum Gasteiger partial charge on any atom is 0.313 e. The molecule has 1 aromatic carbocycles. The lowest BCUT2D eigenvalue weighted by Gasteiger charge is -2.13. The molecule has 2 N–H and O–H groups in total. The molecule has 104 valence electrons. The molecule has 19 heavy (non-hydrogen) atoms. The highest BCUT2D eigenvalue weighted by Gasteiger charge is 2.12. The molecule has 1 rings (SSSR count). The van der Waals surface area contributed by atoms with Crippen molar-refractivity contribution in [2.75, 3.05) is 30.9 Å². The summed E-state index contributed by atoms with van der Waals surface area (Å²) in [5, 5.41) is 5.14. The van der Waals surface area contributed by atoms with E-state index in [2.05, 4.69) is 10.6 Å². The van der Waals surface area contributed by atoms with Crippen molar-refractivity contribution in [1.29, 1.82) is 0 Å². The van der Waals surface area contributed by atoms with Gasteiger partial charge in [-0.2, -0.15) is 0 Å². The second kappa shape index (κ2) is 7.41. The van der Waals surface area contributed by atoms with E-state index in [0.29, 0.717) is 12.2 Å². The van der Waals surface area contributed by atoms with Gasteiger partial charge in [0.05, 0.1) is 0 Å². The topological polar surface area (TPSA) is 61.4 Å². The molecule has 0 spiro atoms. The van der Waals surface area contributed by atoms with Crippen LogP contribution in [0.2, 0.25) is 0 Å². The molecule has 0 aromatic heterocycles. The number of nitrogens with one attached hydrogen (secondary N) is 2. The Morgan fingerprint density at radius 2 is 1.74 bits per heavy atom. The number of nitrogens with zero attached hydrogens (tertiary/aromatic N) is 1. The van der Waals surface area contributed by atoms with Gasteiger partial charge in [-0.25, -0.2) is 0 Å². The second-order valence-electron chi connectivity index (χ2n) is 4.50. The van der Waals surface area contributed by atoms with Gasteiger partial charge < -0.3 is 15.5 Å². The molecule has 0 aliphatic rings.